The van der Waals surface area contributed by atoms with E-state index in [-0.39, 0.29) is 0 Å². The predicted octanol–water partition coefficient (Wildman–Crippen LogP) is 1.24. The Morgan fingerprint density at radius 3 is 2.68 bits per heavy atom. The molecule has 5 heteroatoms. The largest absolute Gasteiger partial charge is 0.370 e. The minimum absolute atomic E-state index is 0.482. The van der Waals surface area contributed by atoms with Crippen LogP contribution in [0.1, 0.15) is 18.0 Å². The van der Waals surface area contributed by atoms with Crippen molar-refractivity contribution in [3.05, 3.63) is 35.9 Å². The quantitative estimate of drug-likeness (QED) is 0.505. The van der Waals surface area contributed by atoms with Crippen LogP contribution in [0.3, 0.4) is 0 Å². The normalized spacial score (nSPS) is 21.0. The summed E-state index contributed by atoms with van der Waals surface area (Å²) in [5.41, 5.74) is 7.24. The van der Waals surface area contributed by atoms with Crippen molar-refractivity contribution < 1.29 is 0 Å². The zero-order valence-electron chi connectivity index (χ0n) is 14.1. The van der Waals surface area contributed by atoms with E-state index in [1.165, 1.54) is 5.56 Å². The molecule has 5 nitrogen and oxygen atoms in total. The second-order valence-corrected chi connectivity index (χ2v) is 6.21. The SMILES string of the molecule is CN1CCN(CCCN=C(N)N(C)C)C(c2ccccc2)C1. The third-order valence-electron chi connectivity index (χ3n) is 4.21. The van der Waals surface area contributed by atoms with Gasteiger partial charge in [0.2, 0.25) is 0 Å². The number of nitrogens with zero attached hydrogens (tertiary/aromatic N) is 4. The molecule has 1 heterocycles. The van der Waals surface area contributed by atoms with Crippen LogP contribution in [0.5, 0.6) is 0 Å². The van der Waals surface area contributed by atoms with E-state index in [0.29, 0.717) is 12.0 Å². The Bertz CT molecular complexity index is 471. The number of nitrogens with two attached hydrogens (primary N) is 1. The Kier molecular flexibility index (Phi) is 6.21. The molecule has 0 spiro atoms. The molecule has 0 saturated carbocycles. The topological polar surface area (TPSA) is 48.1 Å². The molecule has 122 valence electrons. The van der Waals surface area contributed by atoms with Gasteiger partial charge in [-0.1, -0.05) is 30.3 Å². The van der Waals surface area contributed by atoms with Crippen LogP contribution in [-0.4, -0.2) is 74.5 Å². The van der Waals surface area contributed by atoms with Gasteiger partial charge in [-0.3, -0.25) is 9.89 Å². The Morgan fingerprint density at radius 2 is 2.00 bits per heavy atom. The fourth-order valence-corrected chi connectivity index (χ4v) is 2.82. The van der Waals surface area contributed by atoms with Crippen LogP contribution in [0.15, 0.2) is 35.3 Å². The van der Waals surface area contributed by atoms with Gasteiger partial charge in [0.25, 0.3) is 0 Å². The average molecular weight is 303 g/mol. The molecule has 1 saturated heterocycles. The van der Waals surface area contributed by atoms with Gasteiger partial charge >= 0.3 is 0 Å². The van der Waals surface area contributed by atoms with Crippen LogP contribution in [0, 0.1) is 0 Å². The van der Waals surface area contributed by atoms with Crippen LogP contribution in [0.4, 0.5) is 0 Å². The number of rotatable bonds is 5. The second-order valence-electron chi connectivity index (χ2n) is 6.21. The molecular weight excluding hydrogens is 274 g/mol. The van der Waals surface area contributed by atoms with Gasteiger partial charge in [0.1, 0.15) is 0 Å². The van der Waals surface area contributed by atoms with Crippen molar-refractivity contribution in [1.82, 2.24) is 14.7 Å². The number of hydrogen-bond acceptors (Lipinski definition) is 3. The van der Waals surface area contributed by atoms with Gasteiger partial charge < -0.3 is 15.5 Å². The third-order valence-corrected chi connectivity index (χ3v) is 4.21. The Labute approximate surface area is 134 Å². The fraction of sp³-hybridized carbons (Fsp3) is 0.588. The summed E-state index contributed by atoms with van der Waals surface area (Å²) in [4.78, 5) is 11.2. The summed E-state index contributed by atoms with van der Waals surface area (Å²) < 4.78 is 0. The van der Waals surface area contributed by atoms with Crippen molar-refractivity contribution in [2.24, 2.45) is 10.7 Å². The summed E-state index contributed by atoms with van der Waals surface area (Å²) in [6, 6.07) is 11.3. The van der Waals surface area contributed by atoms with Gasteiger partial charge in [0, 0.05) is 52.9 Å². The van der Waals surface area contributed by atoms with Crippen molar-refractivity contribution in [3.63, 3.8) is 0 Å². The molecule has 1 aliphatic heterocycles. The number of likely N-dealkylation sites (N-methyl/N-ethyl adjacent to an activating group) is 1. The summed E-state index contributed by atoms with van der Waals surface area (Å²) in [6.45, 7) is 5.19. The van der Waals surface area contributed by atoms with Crippen molar-refractivity contribution in [2.75, 3.05) is 53.9 Å². The second kappa shape index (κ2) is 8.15. The lowest BCUT2D eigenvalue weighted by molar-refractivity contribution is 0.0894. The van der Waals surface area contributed by atoms with Gasteiger partial charge in [0.15, 0.2) is 5.96 Å². The molecule has 1 aromatic rings. The number of hydrogen-bond donors (Lipinski definition) is 1. The minimum Gasteiger partial charge on any atom is -0.370 e. The molecule has 0 aromatic heterocycles. The lowest BCUT2D eigenvalue weighted by Gasteiger charge is -2.40. The summed E-state index contributed by atoms with van der Waals surface area (Å²) >= 11 is 0. The molecule has 22 heavy (non-hydrogen) atoms. The fourth-order valence-electron chi connectivity index (χ4n) is 2.82. The first kappa shape index (κ1) is 16.8. The highest BCUT2D eigenvalue weighted by Gasteiger charge is 2.25. The maximum atomic E-state index is 5.83. The molecule has 1 unspecified atom stereocenters. The zero-order chi connectivity index (χ0) is 15.9. The minimum atomic E-state index is 0.482. The smallest absolute Gasteiger partial charge is 0.190 e. The first-order chi connectivity index (χ1) is 10.6. The highest BCUT2D eigenvalue weighted by atomic mass is 15.3. The molecule has 2 N–H and O–H groups in total. The average Bonchev–Trinajstić information content (AvgIpc) is 2.53. The number of guanidine groups is 1. The zero-order valence-corrected chi connectivity index (χ0v) is 14.1. The summed E-state index contributed by atoms with van der Waals surface area (Å²) in [5.74, 6) is 0.609. The van der Waals surface area contributed by atoms with E-state index >= 15 is 0 Å². The Hall–Kier alpha value is -1.59. The number of aliphatic imine (C=N–C) groups is 1. The lowest BCUT2D eigenvalue weighted by atomic mass is 10.0. The predicted molar refractivity (Wildman–Crippen MR) is 93.0 cm³/mol. The number of piperazine rings is 1. The summed E-state index contributed by atoms with van der Waals surface area (Å²) in [5, 5.41) is 0. The van der Waals surface area contributed by atoms with E-state index in [9.17, 15) is 0 Å². The molecule has 1 aromatic carbocycles. The first-order valence-electron chi connectivity index (χ1n) is 8.02. The monoisotopic (exact) mass is 303 g/mol. The molecule has 2 rings (SSSR count). The molecule has 1 atom stereocenters. The van der Waals surface area contributed by atoms with E-state index in [1.807, 2.05) is 19.0 Å². The van der Waals surface area contributed by atoms with Crippen LogP contribution in [-0.2, 0) is 0 Å². The van der Waals surface area contributed by atoms with Gasteiger partial charge in [-0.25, -0.2) is 0 Å². The van der Waals surface area contributed by atoms with E-state index in [4.69, 9.17) is 5.73 Å². The maximum Gasteiger partial charge on any atom is 0.190 e. The van der Waals surface area contributed by atoms with Gasteiger partial charge in [-0.05, 0) is 19.0 Å². The van der Waals surface area contributed by atoms with E-state index in [1.54, 1.807) is 0 Å². The van der Waals surface area contributed by atoms with Gasteiger partial charge in [-0.2, -0.15) is 0 Å². The van der Waals surface area contributed by atoms with Crippen molar-refractivity contribution in [3.8, 4) is 0 Å². The van der Waals surface area contributed by atoms with E-state index in [2.05, 4.69) is 52.2 Å². The third kappa shape index (κ3) is 4.71. The standard InChI is InChI=1S/C17H29N5/c1-20(2)17(18)19-10-7-11-22-13-12-21(3)14-16(22)15-8-5-4-6-9-15/h4-6,8-9,16H,7,10-14H2,1-3H3,(H2,18,19). The van der Waals surface area contributed by atoms with Crippen molar-refractivity contribution in [2.45, 2.75) is 12.5 Å². The van der Waals surface area contributed by atoms with E-state index < -0.39 is 0 Å². The van der Waals surface area contributed by atoms with Crippen LogP contribution >= 0.6 is 0 Å². The van der Waals surface area contributed by atoms with Crippen LogP contribution in [0.2, 0.25) is 0 Å². The summed E-state index contributed by atoms with van der Waals surface area (Å²) in [6.07, 6.45) is 1.04. The van der Waals surface area contributed by atoms with Crippen LogP contribution in [0.25, 0.3) is 0 Å². The number of benzene rings is 1. The van der Waals surface area contributed by atoms with Crippen LogP contribution < -0.4 is 5.73 Å². The Morgan fingerprint density at radius 1 is 1.27 bits per heavy atom. The molecule has 0 aliphatic carbocycles. The van der Waals surface area contributed by atoms with Gasteiger partial charge in [-0.15, -0.1) is 0 Å². The maximum absolute atomic E-state index is 5.83. The molecule has 0 bridgehead atoms. The highest BCUT2D eigenvalue weighted by molar-refractivity contribution is 5.77. The molecule has 0 amide bonds. The van der Waals surface area contributed by atoms with Crippen molar-refractivity contribution >= 4 is 5.96 Å². The van der Waals surface area contributed by atoms with Crippen molar-refractivity contribution in [1.29, 1.82) is 0 Å². The lowest BCUT2D eigenvalue weighted by Crippen LogP contribution is -2.47. The Balaban J connectivity index is 1.91. The molecule has 0 radical (unpaired) electrons. The highest BCUT2D eigenvalue weighted by Crippen LogP contribution is 2.24. The molecular formula is C17H29N5. The van der Waals surface area contributed by atoms with E-state index in [0.717, 1.165) is 39.1 Å². The summed E-state index contributed by atoms with van der Waals surface area (Å²) in [7, 11) is 6.05. The van der Waals surface area contributed by atoms with Gasteiger partial charge in [0.05, 0.1) is 0 Å². The molecule has 1 fully saturated rings. The first-order valence-corrected chi connectivity index (χ1v) is 8.02. The molecule has 1 aliphatic rings.